The van der Waals surface area contributed by atoms with Crippen molar-refractivity contribution in [1.82, 2.24) is 4.90 Å². The van der Waals surface area contributed by atoms with Crippen molar-refractivity contribution in [2.24, 2.45) is 0 Å². The summed E-state index contributed by atoms with van der Waals surface area (Å²) in [7, 11) is 0. The number of nitrogens with zero attached hydrogens (tertiary/aromatic N) is 3. The summed E-state index contributed by atoms with van der Waals surface area (Å²) in [4.78, 5) is 17.2. The summed E-state index contributed by atoms with van der Waals surface area (Å²) in [5.74, 6) is -0.363. The Morgan fingerprint density at radius 3 is 2.49 bits per heavy atom. The van der Waals surface area contributed by atoms with Gasteiger partial charge in [-0.25, -0.2) is 4.79 Å². The summed E-state index contributed by atoms with van der Waals surface area (Å²) >= 11 is 0. The number of alkyl halides is 3. The summed E-state index contributed by atoms with van der Waals surface area (Å²) in [6.45, 7) is 9.37. The average Bonchev–Trinajstić information content (AvgIpc) is 3.05. The van der Waals surface area contributed by atoms with Crippen molar-refractivity contribution in [2.75, 3.05) is 4.90 Å². The maximum absolute atomic E-state index is 14.0. The van der Waals surface area contributed by atoms with E-state index in [2.05, 4.69) is 17.4 Å². The third kappa shape index (κ3) is 5.09. The Hall–Kier alpha value is -3.99. The number of halogens is 3. The lowest BCUT2D eigenvalue weighted by Crippen LogP contribution is -2.45. The van der Waals surface area contributed by atoms with Gasteiger partial charge in [0.15, 0.2) is 0 Å². The van der Waals surface area contributed by atoms with Crippen LogP contribution in [0.15, 0.2) is 85.1 Å². The van der Waals surface area contributed by atoms with Gasteiger partial charge in [0.1, 0.15) is 5.75 Å². The van der Waals surface area contributed by atoms with E-state index in [1.54, 1.807) is 64.4 Å². The van der Waals surface area contributed by atoms with E-state index in [0.29, 0.717) is 28.9 Å². The molecule has 1 aliphatic rings. The molecule has 0 saturated carbocycles. The Morgan fingerprint density at radius 2 is 1.94 bits per heavy atom. The molecule has 0 aromatic heterocycles. The molecule has 2 aromatic carbocycles. The molecule has 0 radical (unpaired) electrons. The first kappa shape index (κ1) is 25.6. The average molecular weight is 482 g/mol. The Morgan fingerprint density at radius 1 is 1.26 bits per heavy atom. The van der Waals surface area contributed by atoms with Crippen molar-refractivity contribution in [3.05, 3.63) is 96.2 Å². The van der Waals surface area contributed by atoms with E-state index in [9.17, 15) is 18.0 Å². The molecule has 35 heavy (non-hydrogen) atoms. The zero-order valence-electron chi connectivity index (χ0n) is 19.7. The van der Waals surface area contributed by atoms with Gasteiger partial charge in [-0.15, -0.1) is 13.2 Å². The van der Waals surface area contributed by atoms with Crippen molar-refractivity contribution in [2.45, 2.75) is 45.1 Å². The maximum atomic E-state index is 14.0. The highest BCUT2D eigenvalue weighted by Crippen LogP contribution is 2.50. The van der Waals surface area contributed by atoms with Crippen LogP contribution in [0.4, 0.5) is 23.7 Å². The smallest absolute Gasteiger partial charge is 0.406 e. The summed E-state index contributed by atoms with van der Waals surface area (Å²) in [6.07, 6.45) is 2.40. The van der Waals surface area contributed by atoms with E-state index in [1.165, 1.54) is 18.2 Å². The van der Waals surface area contributed by atoms with Gasteiger partial charge in [0.2, 0.25) is 0 Å². The van der Waals surface area contributed by atoms with Crippen molar-refractivity contribution in [1.29, 1.82) is 5.26 Å². The number of anilines is 1. The lowest BCUT2D eigenvalue weighted by atomic mass is 9.83. The van der Waals surface area contributed by atoms with Crippen LogP contribution >= 0.6 is 0 Å². The number of ether oxygens (including phenoxy) is 1. The molecule has 182 valence electrons. The van der Waals surface area contributed by atoms with E-state index in [1.807, 2.05) is 20.8 Å². The number of allylic oxidation sites excluding steroid dienone is 4. The molecule has 0 N–H and O–H groups in total. The van der Waals surface area contributed by atoms with Crippen molar-refractivity contribution in [3.8, 4) is 11.8 Å². The summed E-state index contributed by atoms with van der Waals surface area (Å²) in [5.41, 5.74) is 1.19. The number of hydrogen-bond donors (Lipinski definition) is 0. The highest BCUT2D eigenvalue weighted by molar-refractivity contribution is 5.98. The SMILES string of the molecule is C=C/C=C(\C=C/C)N1C(=O)N(c2ccc(C#N)cc2)[C@](C)(CC)[C@@H]1c1cccc(OC(F)(F)F)c1. The Balaban J connectivity index is 2.25. The largest absolute Gasteiger partial charge is 0.573 e. The van der Waals surface area contributed by atoms with Gasteiger partial charge in [-0.3, -0.25) is 9.80 Å². The Bertz CT molecular complexity index is 1200. The quantitative estimate of drug-likeness (QED) is 0.391. The fourth-order valence-electron chi connectivity index (χ4n) is 4.44. The minimum absolute atomic E-state index is 0.350. The van der Waals surface area contributed by atoms with Crippen LogP contribution in [0.1, 0.15) is 44.4 Å². The van der Waals surface area contributed by atoms with Gasteiger partial charge < -0.3 is 4.74 Å². The summed E-state index contributed by atoms with van der Waals surface area (Å²) < 4.78 is 43.0. The summed E-state index contributed by atoms with van der Waals surface area (Å²) in [5, 5.41) is 9.17. The fourth-order valence-corrected chi connectivity index (χ4v) is 4.44. The van der Waals surface area contributed by atoms with Crippen LogP contribution in [-0.4, -0.2) is 22.8 Å². The molecule has 0 spiro atoms. The molecule has 2 aromatic rings. The van der Waals surface area contributed by atoms with Gasteiger partial charge in [0.25, 0.3) is 0 Å². The fraction of sp³-hybridized carbons (Fsp3) is 0.259. The number of benzene rings is 2. The third-order valence-corrected chi connectivity index (χ3v) is 6.04. The highest BCUT2D eigenvalue weighted by atomic mass is 19.4. The van der Waals surface area contributed by atoms with E-state index in [0.717, 1.165) is 0 Å². The minimum Gasteiger partial charge on any atom is -0.406 e. The molecule has 0 aliphatic carbocycles. The molecule has 1 aliphatic heterocycles. The molecule has 1 saturated heterocycles. The van der Waals surface area contributed by atoms with E-state index < -0.39 is 17.9 Å². The number of carbonyl (C=O) groups excluding carboxylic acids is 1. The molecule has 1 heterocycles. The van der Waals surface area contributed by atoms with Gasteiger partial charge >= 0.3 is 12.4 Å². The molecule has 1 fully saturated rings. The molecule has 8 heteroatoms. The first-order chi connectivity index (χ1) is 16.6. The molecule has 3 rings (SSSR count). The van der Waals surface area contributed by atoms with Crippen LogP contribution in [0, 0.1) is 11.3 Å². The lowest BCUT2D eigenvalue weighted by Gasteiger charge is -2.38. The number of urea groups is 1. The first-order valence-electron chi connectivity index (χ1n) is 11.0. The topological polar surface area (TPSA) is 56.6 Å². The number of rotatable bonds is 7. The minimum atomic E-state index is -4.84. The van der Waals surface area contributed by atoms with Crippen LogP contribution in [0.3, 0.4) is 0 Å². The first-order valence-corrected chi connectivity index (χ1v) is 11.0. The van der Waals surface area contributed by atoms with Gasteiger partial charge in [0.05, 0.1) is 23.2 Å². The van der Waals surface area contributed by atoms with Gasteiger partial charge in [-0.1, -0.05) is 37.8 Å². The monoisotopic (exact) mass is 481 g/mol. The number of nitriles is 1. The van der Waals surface area contributed by atoms with Crippen LogP contribution < -0.4 is 9.64 Å². The normalized spacial score (nSPS) is 20.9. The van der Waals surface area contributed by atoms with Crippen molar-refractivity contribution in [3.63, 3.8) is 0 Å². The second kappa shape index (κ2) is 10.1. The number of amides is 2. The predicted molar refractivity (Wildman–Crippen MR) is 129 cm³/mol. The number of hydrogen-bond acceptors (Lipinski definition) is 3. The second-order valence-corrected chi connectivity index (χ2v) is 8.21. The highest BCUT2D eigenvalue weighted by Gasteiger charge is 2.55. The molecular formula is C27H26F3N3O2. The van der Waals surface area contributed by atoms with E-state index in [4.69, 9.17) is 5.26 Å². The number of carbonyl (C=O) groups is 1. The zero-order valence-corrected chi connectivity index (χ0v) is 19.7. The predicted octanol–water partition coefficient (Wildman–Crippen LogP) is 7.25. The molecule has 0 bridgehead atoms. The van der Waals surface area contributed by atoms with Gasteiger partial charge in [-0.05, 0) is 74.4 Å². The summed E-state index contributed by atoms with van der Waals surface area (Å²) in [6, 6.07) is 13.4. The van der Waals surface area contributed by atoms with Gasteiger partial charge in [0, 0.05) is 11.4 Å². The van der Waals surface area contributed by atoms with Crippen LogP contribution in [0.25, 0.3) is 0 Å². The molecule has 2 amide bonds. The van der Waals surface area contributed by atoms with E-state index >= 15 is 0 Å². The van der Waals surface area contributed by atoms with Crippen molar-refractivity contribution < 1.29 is 22.7 Å². The van der Waals surface area contributed by atoms with Crippen LogP contribution in [0.2, 0.25) is 0 Å². The molecule has 5 nitrogen and oxygen atoms in total. The maximum Gasteiger partial charge on any atom is 0.573 e. The molecule has 2 atom stereocenters. The van der Waals surface area contributed by atoms with Crippen LogP contribution in [0.5, 0.6) is 5.75 Å². The molecule has 0 unspecified atom stereocenters. The molecular weight excluding hydrogens is 455 g/mol. The van der Waals surface area contributed by atoms with Crippen molar-refractivity contribution >= 4 is 11.7 Å². The van der Waals surface area contributed by atoms with E-state index in [-0.39, 0.29) is 11.8 Å². The van der Waals surface area contributed by atoms with Crippen LogP contribution in [-0.2, 0) is 0 Å². The Labute approximate surface area is 203 Å². The zero-order chi connectivity index (χ0) is 25.8. The second-order valence-electron chi connectivity index (χ2n) is 8.21. The standard InChI is InChI=1S/C27H26F3N3O2/c1-5-9-21(10-6-2)32-24(20-11-8-12-23(17-20)35-27(28,29)30)26(4,7-3)33(25(32)34)22-15-13-19(18-31)14-16-22/h5-6,8-17,24H,1,7H2,2-4H3/b10-6-,21-9+/t24-,26+/m0/s1. The third-order valence-electron chi connectivity index (χ3n) is 6.04. The Kier molecular flexibility index (Phi) is 7.39. The lowest BCUT2D eigenvalue weighted by molar-refractivity contribution is -0.274. The van der Waals surface area contributed by atoms with Gasteiger partial charge in [-0.2, -0.15) is 5.26 Å².